The number of hydrogen-bond donors (Lipinski definition) is 1. The van der Waals surface area contributed by atoms with Crippen LogP contribution in [0, 0.1) is 0 Å². The molecule has 0 saturated carbocycles. The lowest BCUT2D eigenvalue weighted by Gasteiger charge is -2.31. The van der Waals surface area contributed by atoms with Gasteiger partial charge in [0.25, 0.3) is 0 Å². The number of thiophene rings is 1. The molecule has 0 amide bonds. The van der Waals surface area contributed by atoms with E-state index in [2.05, 4.69) is 24.4 Å². The Kier molecular flexibility index (Phi) is 4.08. The van der Waals surface area contributed by atoms with E-state index in [9.17, 15) is 0 Å². The molecule has 2 unspecified atom stereocenters. The highest BCUT2D eigenvalue weighted by Crippen LogP contribution is 2.39. The van der Waals surface area contributed by atoms with Gasteiger partial charge in [0.05, 0.1) is 23.7 Å². The van der Waals surface area contributed by atoms with Crippen LogP contribution in [0.1, 0.15) is 23.5 Å². The maximum atomic E-state index is 6.18. The van der Waals surface area contributed by atoms with Crippen LogP contribution in [0.5, 0.6) is 0 Å². The smallest absolute Gasteiger partial charge is 0.0608 e. The highest BCUT2D eigenvalue weighted by atomic mass is 32.2. The van der Waals surface area contributed by atoms with Crippen LogP contribution < -0.4 is 5.73 Å². The van der Waals surface area contributed by atoms with Gasteiger partial charge < -0.3 is 10.5 Å². The van der Waals surface area contributed by atoms with Gasteiger partial charge in [-0.2, -0.15) is 0 Å². The lowest BCUT2D eigenvalue weighted by molar-refractivity contribution is 0.0452. The minimum Gasteiger partial charge on any atom is -0.379 e. The van der Waals surface area contributed by atoms with E-state index in [0.29, 0.717) is 10.5 Å². The van der Waals surface area contributed by atoms with Crippen molar-refractivity contribution in [1.29, 1.82) is 0 Å². The van der Waals surface area contributed by atoms with Crippen molar-refractivity contribution in [2.45, 2.75) is 29.9 Å². The number of nitrogens with two attached hydrogens (primary N) is 1. The quantitative estimate of drug-likeness (QED) is 0.863. The number of thioether (sulfide) groups is 1. The van der Waals surface area contributed by atoms with Crippen molar-refractivity contribution in [3.63, 3.8) is 0 Å². The van der Waals surface area contributed by atoms with Crippen molar-refractivity contribution in [1.82, 2.24) is 0 Å². The first-order chi connectivity index (χ1) is 7.31. The van der Waals surface area contributed by atoms with Crippen molar-refractivity contribution in [2.24, 2.45) is 5.73 Å². The van der Waals surface area contributed by atoms with E-state index < -0.39 is 0 Å². The van der Waals surface area contributed by atoms with Gasteiger partial charge in [0, 0.05) is 10.9 Å². The molecule has 15 heavy (non-hydrogen) atoms. The zero-order valence-electron chi connectivity index (χ0n) is 8.89. The molecule has 2 heterocycles. The van der Waals surface area contributed by atoms with Crippen molar-refractivity contribution >= 4 is 23.1 Å². The van der Waals surface area contributed by atoms with E-state index in [1.807, 2.05) is 23.1 Å². The average Bonchev–Trinajstić information content (AvgIpc) is 2.68. The predicted octanol–water partition coefficient (Wildman–Crippen LogP) is 2.66. The molecule has 0 bridgehead atoms. The number of rotatable bonds is 5. The van der Waals surface area contributed by atoms with E-state index in [-0.39, 0.29) is 6.04 Å². The zero-order valence-corrected chi connectivity index (χ0v) is 10.5. The molecule has 2 rings (SSSR count). The molecule has 4 heteroatoms. The van der Waals surface area contributed by atoms with E-state index in [1.165, 1.54) is 4.88 Å². The van der Waals surface area contributed by atoms with Crippen molar-refractivity contribution in [3.05, 3.63) is 22.4 Å². The van der Waals surface area contributed by atoms with Gasteiger partial charge in [-0.3, -0.25) is 0 Å². The lowest BCUT2D eigenvalue weighted by atomic mass is 10.1. The van der Waals surface area contributed by atoms with Crippen LogP contribution in [0.15, 0.2) is 17.5 Å². The third kappa shape index (κ3) is 2.75. The molecule has 0 spiro atoms. The second-order valence-corrected chi connectivity index (χ2v) is 6.23. The summed E-state index contributed by atoms with van der Waals surface area (Å²) in [6.45, 7) is 3.94. The topological polar surface area (TPSA) is 35.2 Å². The minimum absolute atomic E-state index is 0.259. The summed E-state index contributed by atoms with van der Waals surface area (Å²) < 4.78 is 5.21. The molecule has 1 fully saturated rings. The Hall–Kier alpha value is -0.0300. The number of ether oxygens (including phenoxy) is 1. The molecule has 0 aromatic carbocycles. The van der Waals surface area contributed by atoms with Gasteiger partial charge in [0.2, 0.25) is 0 Å². The second-order valence-electron chi connectivity index (χ2n) is 3.80. The number of hydrogen-bond acceptors (Lipinski definition) is 4. The van der Waals surface area contributed by atoms with Gasteiger partial charge in [-0.05, 0) is 17.9 Å². The van der Waals surface area contributed by atoms with Crippen LogP contribution in [0.4, 0.5) is 0 Å². The molecular weight excluding hydrogens is 226 g/mol. The third-order valence-electron chi connectivity index (χ3n) is 2.63. The molecule has 0 aliphatic carbocycles. The van der Waals surface area contributed by atoms with E-state index in [4.69, 9.17) is 10.5 Å². The van der Waals surface area contributed by atoms with Gasteiger partial charge in [0.15, 0.2) is 0 Å². The van der Waals surface area contributed by atoms with E-state index in [1.54, 1.807) is 0 Å². The van der Waals surface area contributed by atoms with E-state index in [0.717, 1.165) is 19.6 Å². The van der Waals surface area contributed by atoms with Crippen LogP contribution in [-0.2, 0) is 4.74 Å². The molecular formula is C11H17NOS2. The Bertz CT molecular complexity index is 285. The monoisotopic (exact) mass is 243 g/mol. The molecule has 2 nitrogen and oxygen atoms in total. The summed E-state index contributed by atoms with van der Waals surface area (Å²) in [6, 6.07) is 4.55. The molecule has 1 aromatic heterocycles. The summed E-state index contributed by atoms with van der Waals surface area (Å²) in [6.07, 6.45) is 1.03. The van der Waals surface area contributed by atoms with Gasteiger partial charge in [-0.25, -0.2) is 0 Å². The Balaban J connectivity index is 2.01. The first-order valence-electron chi connectivity index (χ1n) is 5.33. The first kappa shape index (κ1) is 11.5. The van der Waals surface area contributed by atoms with Gasteiger partial charge in [-0.15, -0.1) is 23.1 Å². The summed E-state index contributed by atoms with van der Waals surface area (Å²) in [5, 5.41) is 3.22. The molecule has 1 aromatic rings. The highest BCUT2D eigenvalue weighted by Gasteiger charge is 2.28. The molecule has 2 N–H and O–H groups in total. The molecule has 1 aliphatic rings. The third-order valence-corrected chi connectivity index (χ3v) is 5.29. The molecule has 84 valence electrons. The van der Waals surface area contributed by atoms with Gasteiger partial charge in [-0.1, -0.05) is 13.0 Å². The Morgan fingerprint density at radius 1 is 1.67 bits per heavy atom. The Labute approximate surface area is 99.2 Å². The molecule has 0 radical (unpaired) electrons. The standard InChI is InChI=1S/C11H17NOS2/c1-2-9(12)11(10-4-3-5-14-10)15-8-6-13-7-8/h3-5,8-9,11H,2,6-7,12H2,1H3. The second kappa shape index (κ2) is 5.34. The zero-order chi connectivity index (χ0) is 10.7. The normalized spacial score (nSPS) is 20.9. The fourth-order valence-corrected chi connectivity index (χ4v) is 4.03. The predicted molar refractivity (Wildman–Crippen MR) is 67.5 cm³/mol. The molecule has 1 saturated heterocycles. The highest BCUT2D eigenvalue weighted by molar-refractivity contribution is 8.00. The van der Waals surface area contributed by atoms with Crippen LogP contribution in [0.2, 0.25) is 0 Å². The van der Waals surface area contributed by atoms with Crippen LogP contribution >= 0.6 is 23.1 Å². The van der Waals surface area contributed by atoms with Crippen molar-refractivity contribution in [3.8, 4) is 0 Å². The summed E-state index contributed by atoms with van der Waals surface area (Å²) >= 11 is 3.79. The maximum Gasteiger partial charge on any atom is 0.0608 e. The Morgan fingerprint density at radius 3 is 2.93 bits per heavy atom. The summed E-state index contributed by atoms with van der Waals surface area (Å²) in [4.78, 5) is 1.40. The average molecular weight is 243 g/mol. The van der Waals surface area contributed by atoms with Crippen LogP contribution in [0.25, 0.3) is 0 Å². The molecule has 1 aliphatic heterocycles. The molecule has 2 atom stereocenters. The fraction of sp³-hybridized carbons (Fsp3) is 0.636. The van der Waals surface area contributed by atoms with Crippen LogP contribution in [-0.4, -0.2) is 24.5 Å². The van der Waals surface area contributed by atoms with Crippen molar-refractivity contribution < 1.29 is 4.74 Å². The maximum absolute atomic E-state index is 6.18. The van der Waals surface area contributed by atoms with Crippen LogP contribution in [0.3, 0.4) is 0 Å². The van der Waals surface area contributed by atoms with Gasteiger partial charge >= 0.3 is 0 Å². The van der Waals surface area contributed by atoms with Crippen molar-refractivity contribution in [2.75, 3.05) is 13.2 Å². The summed E-state index contributed by atoms with van der Waals surface area (Å²) in [5.74, 6) is 0. The SMILES string of the molecule is CCC(N)C(SC1COC1)c1cccs1. The van der Waals surface area contributed by atoms with Gasteiger partial charge in [0.1, 0.15) is 0 Å². The summed E-state index contributed by atoms with van der Waals surface area (Å²) in [5.41, 5.74) is 6.18. The largest absolute Gasteiger partial charge is 0.379 e. The minimum atomic E-state index is 0.259. The Morgan fingerprint density at radius 2 is 2.47 bits per heavy atom. The summed E-state index contributed by atoms with van der Waals surface area (Å²) in [7, 11) is 0. The fourth-order valence-electron chi connectivity index (χ4n) is 1.55. The van der Waals surface area contributed by atoms with E-state index >= 15 is 0 Å². The lowest BCUT2D eigenvalue weighted by Crippen LogP contribution is -2.34. The first-order valence-corrected chi connectivity index (χ1v) is 7.15.